The van der Waals surface area contributed by atoms with Crippen LogP contribution in [-0.2, 0) is 9.59 Å². The maximum Gasteiger partial charge on any atom is 0.331 e. The number of aromatic nitrogens is 1. The van der Waals surface area contributed by atoms with Crippen molar-refractivity contribution < 1.29 is 24.2 Å². The maximum absolute atomic E-state index is 11.4. The summed E-state index contributed by atoms with van der Waals surface area (Å²) in [6.45, 7) is 1.11. The van der Waals surface area contributed by atoms with Gasteiger partial charge in [0.15, 0.2) is 5.76 Å². The van der Waals surface area contributed by atoms with Crippen LogP contribution in [-0.4, -0.2) is 31.9 Å². The van der Waals surface area contributed by atoms with Crippen LogP contribution in [0.15, 0.2) is 70.3 Å². The van der Waals surface area contributed by atoms with E-state index in [0.29, 0.717) is 23.2 Å². The summed E-state index contributed by atoms with van der Waals surface area (Å²) in [6.07, 6.45) is 0. The van der Waals surface area contributed by atoms with Crippen molar-refractivity contribution in [3.8, 4) is 22.6 Å². The molecule has 2 N–H and O–H groups in total. The first-order valence-corrected chi connectivity index (χ1v) is 8.51. The van der Waals surface area contributed by atoms with Crippen molar-refractivity contribution >= 4 is 23.7 Å². The van der Waals surface area contributed by atoms with Crippen LogP contribution in [0.1, 0.15) is 6.92 Å². The van der Waals surface area contributed by atoms with E-state index in [0.717, 1.165) is 18.1 Å². The van der Waals surface area contributed by atoms with Crippen molar-refractivity contribution in [2.45, 2.75) is 16.9 Å². The molecule has 0 atom stereocenters. The maximum atomic E-state index is 11.4. The van der Waals surface area contributed by atoms with Gasteiger partial charge in [-0.05, 0) is 18.7 Å². The third-order valence-corrected chi connectivity index (χ3v) is 4.91. The van der Waals surface area contributed by atoms with Gasteiger partial charge in [0.05, 0.1) is 0 Å². The van der Waals surface area contributed by atoms with Gasteiger partial charge in [-0.2, -0.15) is 0 Å². The number of hydrogen-bond acceptors (Lipinski definition) is 5. The lowest BCUT2D eigenvalue weighted by atomic mass is 10.1. The molecule has 0 saturated heterocycles. The molecule has 0 aliphatic rings. The van der Waals surface area contributed by atoms with E-state index in [-0.39, 0.29) is 5.22 Å². The normalized spacial score (nSPS) is 11.3. The molecule has 2 aromatic carbocycles. The van der Waals surface area contributed by atoms with E-state index < -0.39 is 16.7 Å². The molecule has 0 aliphatic heterocycles. The molecule has 0 aliphatic carbocycles. The Bertz CT molecular complexity index is 866. The number of aliphatic carboxylic acids is 2. The Hall–Kier alpha value is -3.06. The summed E-state index contributed by atoms with van der Waals surface area (Å²) >= 11 is 0.555. The molecule has 1 aromatic heterocycles. The third-order valence-electron chi connectivity index (χ3n) is 3.80. The molecule has 0 unspecified atom stereocenters. The zero-order valence-electron chi connectivity index (χ0n) is 13.7. The monoisotopic (exact) mass is 369 g/mol. The van der Waals surface area contributed by atoms with Crippen LogP contribution >= 0.6 is 11.8 Å². The highest BCUT2D eigenvalue weighted by molar-refractivity contribution is 8.01. The average molecular weight is 369 g/mol. The van der Waals surface area contributed by atoms with Crippen molar-refractivity contribution in [1.29, 1.82) is 0 Å². The summed E-state index contributed by atoms with van der Waals surface area (Å²) in [5.74, 6) is -2.50. The highest BCUT2D eigenvalue weighted by Gasteiger charge is 2.45. The molecule has 3 rings (SSSR count). The standard InChI is InChI=1S/C19H15NO5S/c1-19(16(21)22,17(23)24)26-18-20-14(12-8-4-2-5-9-12)15(25-18)13-10-6-3-7-11-13/h2-11H,1H3,(H,21,22)(H,23,24). The van der Waals surface area contributed by atoms with Crippen LogP contribution in [0.4, 0.5) is 0 Å². The second-order valence-electron chi connectivity index (χ2n) is 5.64. The van der Waals surface area contributed by atoms with Gasteiger partial charge >= 0.3 is 11.9 Å². The van der Waals surface area contributed by atoms with E-state index in [1.807, 2.05) is 60.7 Å². The lowest BCUT2D eigenvalue weighted by Gasteiger charge is -2.16. The molecule has 132 valence electrons. The lowest BCUT2D eigenvalue weighted by Crippen LogP contribution is -2.40. The smallest absolute Gasteiger partial charge is 0.331 e. The molecule has 26 heavy (non-hydrogen) atoms. The molecule has 0 radical (unpaired) electrons. The van der Waals surface area contributed by atoms with Crippen LogP contribution < -0.4 is 0 Å². The second-order valence-corrected chi connectivity index (χ2v) is 7.01. The minimum atomic E-state index is -2.10. The Morgan fingerprint density at radius 2 is 1.42 bits per heavy atom. The van der Waals surface area contributed by atoms with Gasteiger partial charge in [-0.1, -0.05) is 60.7 Å². The summed E-state index contributed by atoms with van der Waals surface area (Å²) in [7, 11) is 0. The highest BCUT2D eigenvalue weighted by atomic mass is 32.2. The minimum absolute atomic E-state index is 0.0185. The number of benzene rings is 2. The van der Waals surface area contributed by atoms with Crippen LogP contribution in [0.3, 0.4) is 0 Å². The first-order valence-electron chi connectivity index (χ1n) is 7.69. The van der Waals surface area contributed by atoms with Crippen LogP contribution in [0.5, 0.6) is 0 Å². The Balaban J connectivity index is 2.11. The van der Waals surface area contributed by atoms with Crippen LogP contribution in [0.25, 0.3) is 22.6 Å². The van der Waals surface area contributed by atoms with E-state index in [1.165, 1.54) is 0 Å². The molecule has 0 bridgehead atoms. The zero-order chi connectivity index (χ0) is 18.7. The molecule has 0 spiro atoms. The Morgan fingerprint density at radius 3 is 1.92 bits per heavy atom. The fraction of sp³-hybridized carbons (Fsp3) is 0.105. The molecule has 7 heteroatoms. The summed E-state index contributed by atoms with van der Waals surface area (Å²) < 4.78 is 3.67. The van der Waals surface area contributed by atoms with Gasteiger partial charge in [0.25, 0.3) is 5.22 Å². The quantitative estimate of drug-likeness (QED) is 0.500. The summed E-state index contributed by atoms with van der Waals surface area (Å²) in [4.78, 5) is 27.2. The number of carboxylic acid groups (broad SMARTS) is 2. The van der Waals surface area contributed by atoms with Gasteiger partial charge < -0.3 is 14.6 Å². The van der Waals surface area contributed by atoms with Crippen molar-refractivity contribution in [2.24, 2.45) is 0 Å². The Labute approximate surface area is 153 Å². The SMILES string of the molecule is CC(Sc1nc(-c2ccccc2)c(-c2ccccc2)o1)(C(=O)O)C(=O)O. The average Bonchev–Trinajstić information content (AvgIpc) is 3.06. The Kier molecular flexibility index (Phi) is 4.81. The van der Waals surface area contributed by atoms with Crippen LogP contribution in [0.2, 0.25) is 0 Å². The van der Waals surface area contributed by atoms with E-state index in [4.69, 9.17) is 4.42 Å². The van der Waals surface area contributed by atoms with Gasteiger partial charge in [-0.3, -0.25) is 9.59 Å². The van der Waals surface area contributed by atoms with E-state index in [1.54, 1.807) is 0 Å². The fourth-order valence-corrected chi connectivity index (χ4v) is 3.06. The van der Waals surface area contributed by atoms with Crippen molar-refractivity contribution in [2.75, 3.05) is 0 Å². The number of hydrogen-bond donors (Lipinski definition) is 2. The molecule has 0 fully saturated rings. The topological polar surface area (TPSA) is 101 Å². The molecule has 0 amide bonds. The molecule has 1 heterocycles. The Morgan fingerprint density at radius 1 is 0.923 bits per heavy atom. The number of carbonyl (C=O) groups is 2. The second kappa shape index (κ2) is 7.05. The van der Waals surface area contributed by atoms with E-state index in [2.05, 4.69) is 4.98 Å². The van der Waals surface area contributed by atoms with E-state index in [9.17, 15) is 19.8 Å². The summed E-state index contributed by atoms with van der Waals surface area (Å²) in [5, 5.41) is 18.6. The van der Waals surface area contributed by atoms with Gasteiger partial charge in [0.1, 0.15) is 5.69 Å². The molecule has 3 aromatic rings. The summed E-state index contributed by atoms with van der Waals surface area (Å²) in [5.41, 5.74) is 2.07. The summed E-state index contributed by atoms with van der Waals surface area (Å²) in [6, 6.07) is 18.5. The van der Waals surface area contributed by atoms with Crippen molar-refractivity contribution in [3.63, 3.8) is 0 Å². The zero-order valence-corrected chi connectivity index (χ0v) is 14.6. The van der Waals surface area contributed by atoms with Gasteiger partial charge in [0, 0.05) is 11.1 Å². The predicted octanol–water partition coefficient (Wildman–Crippen LogP) is 4.03. The molecular weight excluding hydrogens is 354 g/mol. The fourth-order valence-electron chi connectivity index (χ4n) is 2.27. The largest absolute Gasteiger partial charge is 0.480 e. The molecule has 0 saturated carbocycles. The number of oxazole rings is 1. The first-order chi connectivity index (χ1) is 12.4. The van der Waals surface area contributed by atoms with Crippen LogP contribution in [0, 0.1) is 0 Å². The number of thioether (sulfide) groups is 1. The van der Waals surface area contributed by atoms with Gasteiger partial charge in [-0.25, -0.2) is 4.98 Å². The lowest BCUT2D eigenvalue weighted by molar-refractivity contribution is -0.150. The van der Waals surface area contributed by atoms with Crippen molar-refractivity contribution in [3.05, 3.63) is 60.7 Å². The molecule has 6 nitrogen and oxygen atoms in total. The number of rotatable bonds is 6. The third kappa shape index (κ3) is 3.34. The van der Waals surface area contributed by atoms with Gasteiger partial charge in [-0.15, -0.1) is 0 Å². The van der Waals surface area contributed by atoms with Crippen molar-refractivity contribution in [1.82, 2.24) is 4.98 Å². The van der Waals surface area contributed by atoms with E-state index >= 15 is 0 Å². The molecular formula is C19H15NO5S. The van der Waals surface area contributed by atoms with Gasteiger partial charge in [0.2, 0.25) is 4.75 Å². The minimum Gasteiger partial charge on any atom is -0.480 e. The predicted molar refractivity (Wildman–Crippen MR) is 96.9 cm³/mol. The number of nitrogens with zero attached hydrogens (tertiary/aromatic N) is 1. The number of carboxylic acids is 2. The first kappa shape index (κ1) is 17.8. The highest BCUT2D eigenvalue weighted by Crippen LogP contribution is 2.39.